The SMILES string of the molecule is Cc1ccc(Cl)cc1N1CCN(C(=O)c2cc(S(=O)(=O)N3CCCC3)c[nH]2)CC1. The van der Waals surface area contributed by atoms with Gasteiger partial charge in [-0.05, 0) is 43.5 Å². The fraction of sp³-hybridized carbons (Fsp3) is 0.450. The number of aromatic nitrogens is 1. The second kappa shape index (κ2) is 8.01. The maximum absolute atomic E-state index is 12.9. The molecule has 1 N–H and O–H groups in total. The zero-order valence-corrected chi connectivity index (χ0v) is 18.0. The highest BCUT2D eigenvalue weighted by atomic mass is 35.5. The number of anilines is 1. The average molecular weight is 437 g/mol. The molecule has 156 valence electrons. The molecule has 0 atom stereocenters. The number of hydrogen-bond donors (Lipinski definition) is 1. The first-order chi connectivity index (χ1) is 13.9. The minimum Gasteiger partial charge on any atom is -0.368 e. The standard InChI is InChI=1S/C20H25ClN4O3S/c1-15-4-5-16(21)12-19(15)23-8-10-24(11-9-23)20(26)18-13-17(14-22-18)29(27,28)25-6-2-3-7-25/h4-5,12-14,22H,2-3,6-11H2,1H3. The number of halogens is 1. The van der Waals surface area contributed by atoms with Crippen molar-refractivity contribution in [2.24, 2.45) is 0 Å². The van der Waals surface area contributed by atoms with Gasteiger partial charge in [-0.25, -0.2) is 8.42 Å². The molecule has 1 aromatic carbocycles. The van der Waals surface area contributed by atoms with Crippen molar-refractivity contribution < 1.29 is 13.2 Å². The number of carbonyl (C=O) groups excluding carboxylic acids is 1. The number of nitrogens with zero attached hydrogens (tertiary/aromatic N) is 3. The predicted octanol–water partition coefficient (Wildman–Crippen LogP) is 2.72. The van der Waals surface area contributed by atoms with E-state index >= 15 is 0 Å². The number of rotatable bonds is 4. The number of amides is 1. The topological polar surface area (TPSA) is 76.7 Å². The zero-order valence-electron chi connectivity index (χ0n) is 16.4. The Morgan fingerprint density at radius 1 is 1.03 bits per heavy atom. The van der Waals surface area contributed by atoms with Crippen LogP contribution in [0.2, 0.25) is 5.02 Å². The van der Waals surface area contributed by atoms with E-state index < -0.39 is 10.0 Å². The van der Waals surface area contributed by atoms with Crippen LogP contribution in [0.4, 0.5) is 5.69 Å². The van der Waals surface area contributed by atoms with Crippen LogP contribution in [0.1, 0.15) is 28.9 Å². The molecule has 4 rings (SSSR count). The Kier molecular flexibility index (Phi) is 5.59. The lowest BCUT2D eigenvalue weighted by Crippen LogP contribution is -2.49. The maximum atomic E-state index is 12.9. The summed E-state index contributed by atoms with van der Waals surface area (Å²) in [5, 5.41) is 0.697. The summed E-state index contributed by atoms with van der Waals surface area (Å²) in [5.41, 5.74) is 2.55. The number of benzene rings is 1. The van der Waals surface area contributed by atoms with Crippen LogP contribution in [-0.4, -0.2) is 67.8 Å². The van der Waals surface area contributed by atoms with E-state index in [2.05, 4.69) is 9.88 Å². The van der Waals surface area contributed by atoms with Crippen LogP contribution in [-0.2, 0) is 10.0 Å². The summed E-state index contributed by atoms with van der Waals surface area (Å²) in [7, 11) is -3.53. The molecule has 0 saturated carbocycles. The average Bonchev–Trinajstić information content (AvgIpc) is 3.42. The minimum atomic E-state index is -3.53. The lowest BCUT2D eigenvalue weighted by Gasteiger charge is -2.36. The first kappa shape index (κ1) is 20.3. The number of H-pyrrole nitrogens is 1. The van der Waals surface area contributed by atoms with Crippen molar-refractivity contribution in [2.75, 3.05) is 44.2 Å². The van der Waals surface area contributed by atoms with Crippen LogP contribution < -0.4 is 4.90 Å². The highest BCUT2D eigenvalue weighted by Crippen LogP contribution is 2.26. The van der Waals surface area contributed by atoms with Gasteiger partial charge in [0, 0.05) is 56.2 Å². The molecule has 3 heterocycles. The second-order valence-electron chi connectivity index (χ2n) is 7.57. The van der Waals surface area contributed by atoms with E-state index in [1.165, 1.54) is 16.6 Å². The monoisotopic (exact) mass is 436 g/mol. The van der Waals surface area contributed by atoms with E-state index in [4.69, 9.17) is 11.6 Å². The number of sulfonamides is 1. The van der Waals surface area contributed by atoms with Gasteiger partial charge in [-0.2, -0.15) is 4.31 Å². The molecule has 0 radical (unpaired) electrons. The Bertz CT molecular complexity index is 1010. The second-order valence-corrected chi connectivity index (χ2v) is 9.94. The molecule has 0 bridgehead atoms. The molecule has 2 fully saturated rings. The van der Waals surface area contributed by atoms with E-state index in [1.807, 2.05) is 25.1 Å². The minimum absolute atomic E-state index is 0.163. The van der Waals surface area contributed by atoms with Gasteiger partial charge < -0.3 is 14.8 Å². The zero-order chi connectivity index (χ0) is 20.6. The lowest BCUT2D eigenvalue weighted by molar-refractivity contribution is 0.0741. The number of nitrogens with one attached hydrogen (secondary N) is 1. The summed E-state index contributed by atoms with van der Waals surface area (Å²) in [4.78, 5) is 19.9. The van der Waals surface area contributed by atoms with Crippen molar-refractivity contribution in [1.29, 1.82) is 0 Å². The summed E-state index contributed by atoms with van der Waals surface area (Å²) < 4.78 is 26.8. The summed E-state index contributed by atoms with van der Waals surface area (Å²) in [6.07, 6.45) is 3.18. The molecule has 2 aliphatic rings. The van der Waals surface area contributed by atoms with Crippen LogP contribution >= 0.6 is 11.6 Å². The number of piperazine rings is 1. The molecule has 7 nitrogen and oxygen atoms in total. The van der Waals surface area contributed by atoms with E-state index in [0.717, 1.165) is 24.1 Å². The summed E-state index contributed by atoms with van der Waals surface area (Å²) in [5.74, 6) is -0.171. The molecular formula is C20H25ClN4O3S. The van der Waals surface area contributed by atoms with Crippen molar-refractivity contribution in [1.82, 2.24) is 14.2 Å². The molecule has 1 amide bonds. The van der Waals surface area contributed by atoms with Gasteiger partial charge in [0.15, 0.2) is 0 Å². The normalized spacial score (nSPS) is 18.4. The van der Waals surface area contributed by atoms with E-state index in [-0.39, 0.29) is 10.8 Å². The van der Waals surface area contributed by atoms with Crippen molar-refractivity contribution in [3.63, 3.8) is 0 Å². The van der Waals surface area contributed by atoms with E-state index in [0.29, 0.717) is 50.0 Å². The molecule has 2 saturated heterocycles. The number of aromatic amines is 1. The Morgan fingerprint density at radius 3 is 2.41 bits per heavy atom. The van der Waals surface area contributed by atoms with Crippen LogP contribution in [0.5, 0.6) is 0 Å². The number of hydrogen-bond acceptors (Lipinski definition) is 4. The van der Waals surface area contributed by atoms with Gasteiger partial charge in [0.2, 0.25) is 10.0 Å². The third-order valence-corrected chi connectivity index (χ3v) is 7.78. The van der Waals surface area contributed by atoms with E-state index in [9.17, 15) is 13.2 Å². The quantitative estimate of drug-likeness (QED) is 0.799. The summed E-state index contributed by atoms with van der Waals surface area (Å²) >= 11 is 6.13. The van der Waals surface area contributed by atoms with Gasteiger partial charge >= 0.3 is 0 Å². The largest absolute Gasteiger partial charge is 0.368 e. The van der Waals surface area contributed by atoms with E-state index in [1.54, 1.807) is 4.90 Å². The van der Waals surface area contributed by atoms with Gasteiger partial charge in [-0.1, -0.05) is 17.7 Å². The fourth-order valence-electron chi connectivity index (χ4n) is 3.97. The van der Waals surface area contributed by atoms with Crippen molar-refractivity contribution in [2.45, 2.75) is 24.7 Å². The van der Waals surface area contributed by atoms with Crippen LogP contribution in [0.25, 0.3) is 0 Å². The van der Waals surface area contributed by atoms with Crippen molar-refractivity contribution in [3.05, 3.63) is 46.7 Å². The molecular weight excluding hydrogens is 412 g/mol. The lowest BCUT2D eigenvalue weighted by atomic mass is 10.1. The molecule has 0 aliphatic carbocycles. The van der Waals surface area contributed by atoms with Crippen LogP contribution in [0.3, 0.4) is 0 Å². The maximum Gasteiger partial charge on any atom is 0.270 e. The van der Waals surface area contributed by atoms with Gasteiger partial charge in [0.05, 0.1) is 0 Å². The molecule has 9 heteroatoms. The smallest absolute Gasteiger partial charge is 0.270 e. The number of aryl methyl sites for hydroxylation is 1. The summed E-state index contributed by atoms with van der Waals surface area (Å²) in [6, 6.07) is 7.29. The Balaban J connectivity index is 1.43. The van der Waals surface area contributed by atoms with Crippen LogP contribution in [0, 0.1) is 6.92 Å². The number of carbonyl (C=O) groups is 1. The van der Waals surface area contributed by atoms with Gasteiger partial charge in [0.25, 0.3) is 5.91 Å². The molecule has 0 unspecified atom stereocenters. The van der Waals surface area contributed by atoms with Gasteiger partial charge in [0.1, 0.15) is 10.6 Å². The molecule has 2 aromatic rings. The predicted molar refractivity (Wildman–Crippen MR) is 113 cm³/mol. The molecule has 1 aromatic heterocycles. The van der Waals surface area contributed by atoms with Crippen molar-refractivity contribution in [3.8, 4) is 0 Å². The fourth-order valence-corrected chi connectivity index (χ4v) is 5.65. The summed E-state index contributed by atoms with van der Waals surface area (Å²) in [6.45, 7) is 5.67. The third-order valence-electron chi connectivity index (χ3n) is 5.67. The Morgan fingerprint density at radius 2 is 1.72 bits per heavy atom. The first-order valence-corrected chi connectivity index (χ1v) is 11.7. The van der Waals surface area contributed by atoms with Gasteiger partial charge in [-0.15, -0.1) is 0 Å². The van der Waals surface area contributed by atoms with Crippen LogP contribution in [0.15, 0.2) is 35.4 Å². The Labute approximate surface area is 176 Å². The molecule has 2 aliphatic heterocycles. The molecule has 29 heavy (non-hydrogen) atoms. The van der Waals surface area contributed by atoms with Crippen molar-refractivity contribution >= 4 is 33.2 Å². The Hall–Kier alpha value is -2.03. The van der Waals surface area contributed by atoms with Gasteiger partial charge in [-0.3, -0.25) is 4.79 Å². The first-order valence-electron chi connectivity index (χ1n) is 9.85. The third kappa shape index (κ3) is 4.01. The molecule has 0 spiro atoms. The highest BCUT2D eigenvalue weighted by Gasteiger charge is 2.30. The highest BCUT2D eigenvalue weighted by molar-refractivity contribution is 7.89.